The van der Waals surface area contributed by atoms with Crippen molar-refractivity contribution in [1.82, 2.24) is 5.32 Å². The summed E-state index contributed by atoms with van der Waals surface area (Å²) in [6.45, 7) is 6.90. The minimum atomic E-state index is -0.643. The molecule has 3 rings (SSSR count). The molecule has 2 aromatic carbocycles. The fraction of sp³-hybridized carbons (Fsp3) is 0.448. The predicted octanol–water partition coefficient (Wildman–Crippen LogP) is 5.71. The molecule has 0 radical (unpaired) electrons. The molecule has 2 aromatic rings. The van der Waals surface area contributed by atoms with E-state index >= 15 is 0 Å². The average Bonchev–Trinajstić information content (AvgIpc) is 3.34. The lowest BCUT2D eigenvalue weighted by Crippen LogP contribution is -2.37. The van der Waals surface area contributed by atoms with E-state index in [2.05, 4.69) is 22.5 Å². The van der Waals surface area contributed by atoms with Crippen molar-refractivity contribution < 1.29 is 23.8 Å². The first kappa shape index (κ1) is 26.9. The Hall–Kier alpha value is -3.66. The van der Waals surface area contributed by atoms with Crippen LogP contribution in [0.15, 0.2) is 36.4 Å². The molecule has 7 nitrogen and oxygen atoms in total. The van der Waals surface area contributed by atoms with Crippen molar-refractivity contribution in [3.63, 3.8) is 0 Å². The van der Waals surface area contributed by atoms with Gasteiger partial charge in [0.1, 0.15) is 12.1 Å². The maximum absolute atomic E-state index is 12.7. The first-order chi connectivity index (χ1) is 17.2. The molecule has 1 fully saturated rings. The summed E-state index contributed by atoms with van der Waals surface area (Å²) < 4.78 is 17.0. The number of carbonyl (C=O) groups is 2. The van der Waals surface area contributed by atoms with Crippen molar-refractivity contribution >= 4 is 17.7 Å². The van der Waals surface area contributed by atoms with Gasteiger partial charge in [-0.05, 0) is 88.8 Å². The maximum Gasteiger partial charge on any atom is 0.408 e. The van der Waals surface area contributed by atoms with Gasteiger partial charge in [0, 0.05) is 17.7 Å². The molecule has 0 spiro atoms. The molecule has 2 amide bonds. The van der Waals surface area contributed by atoms with E-state index in [1.54, 1.807) is 27.9 Å². The number of nitrogens with one attached hydrogen (secondary N) is 2. The van der Waals surface area contributed by atoms with Crippen molar-refractivity contribution in [3.05, 3.63) is 42.0 Å². The Morgan fingerprint density at radius 1 is 1.06 bits per heavy atom. The molecule has 192 valence electrons. The number of anilines is 1. The van der Waals surface area contributed by atoms with Gasteiger partial charge in [-0.3, -0.25) is 4.79 Å². The van der Waals surface area contributed by atoms with E-state index in [9.17, 15) is 9.59 Å². The van der Waals surface area contributed by atoms with Gasteiger partial charge in [-0.25, -0.2) is 4.79 Å². The quantitative estimate of drug-likeness (QED) is 0.461. The van der Waals surface area contributed by atoms with Crippen LogP contribution in [0.25, 0.3) is 11.1 Å². The summed E-state index contributed by atoms with van der Waals surface area (Å²) in [5.74, 6) is 7.01. The molecule has 1 aliphatic carbocycles. The number of hydrogen-bond acceptors (Lipinski definition) is 5. The summed E-state index contributed by atoms with van der Waals surface area (Å²) in [6.07, 6.45) is 4.53. The molecule has 0 saturated heterocycles. The average molecular weight is 493 g/mol. The Bertz CT molecular complexity index is 1130. The highest BCUT2D eigenvalue weighted by Crippen LogP contribution is 2.38. The van der Waals surface area contributed by atoms with Crippen LogP contribution in [0.5, 0.6) is 11.5 Å². The van der Waals surface area contributed by atoms with Crippen LogP contribution in [-0.2, 0) is 16.0 Å². The van der Waals surface area contributed by atoms with E-state index in [1.807, 2.05) is 43.3 Å². The Morgan fingerprint density at radius 2 is 1.81 bits per heavy atom. The van der Waals surface area contributed by atoms with Crippen LogP contribution in [-0.4, -0.2) is 37.4 Å². The van der Waals surface area contributed by atoms with Crippen LogP contribution in [0.2, 0.25) is 0 Å². The smallest absolute Gasteiger partial charge is 0.408 e. The first-order valence-corrected chi connectivity index (χ1v) is 12.3. The Morgan fingerprint density at radius 3 is 2.47 bits per heavy atom. The van der Waals surface area contributed by atoms with E-state index in [0.29, 0.717) is 23.6 Å². The van der Waals surface area contributed by atoms with E-state index in [4.69, 9.17) is 14.2 Å². The monoisotopic (exact) mass is 492 g/mol. The lowest BCUT2D eigenvalue weighted by molar-refractivity contribution is -0.115. The fourth-order valence-corrected chi connectivity index (χ4v) is 4.02. The molecule has 1 saturated carbocycles. The normalized spacial score (nSPS) is 13.4. The largest absolute Gasteiger partial charge is 0.493 e. The van der Waals surface area contributed by atoms with Gasteiger partial charge in [0.05, 0.1) is 13.2 Å². The highest BCUT2D eigenvalue weighted by Gasteiger charge is 2.20. The lowest BCUT2D eigenvalue weighted by Gasteiger charge is -2.20. The Kier molecular flexibility index (Phi) is 9.24. The third-order valence-electron chi connectivity index (χ3n) is 5.69. The molecule has 0 unspecified atom stereocenters. The summed E-state index contributed by atoms with van der Waals surface area (Å²) in [4.78, 5) is 24.6. The molecule has 0 atom stereocenters. The van der Waals surface area contributed by atoms with Crippen LogP contribution in [0.1, 0.15) is 58.9 Å². The second-order valence-corrected chi connectivity index (χ2v) is 9.78. The van der Waals surface area contributed by atoms with Gasteiger partial charge in [-0.15, -0.1) is 5.92 Å². The molecule has 0 aliphatic heterocycles. The molecule has 2 N–H and O–H groups in total. The first-order valence-electron chi connectivity index (χ1n) is 12.3. The van der Waals surface area contributed by atoms with Crippen molar-refractivity contribution in [2.45, 2.75) is 71.5 Å². The highest BCUT2D eigenvalue weighted by molar-refractivity contribution is 5.98. The molecule has 0 heterocycles. The Balaban J connectivity index is 1.86. The van der Waals surface area contributed by atoms with Crippen LogP contribution in [0, 0.1) is 11.8 Å². The summed E-state index contributed by atoms with van der Waals surface area (Å²) in [7, 11) is 1.63. The van der Waals surface area contributed by atoms with Gasteiger partial charge in [0.25, 0.3) is 0 Å². The fourth-order valence-electron chi connectivity index (χ4n) is 4.02. The number of rotatable bonds is 8. The van der Waals surface area contributed by atoms with E-state index in [0.717, 1.165) is 29.5 Å². The second-order valence-electron chi connectivity index (χ2n) is 9.78. The number of amides is 2. The van der Waals surface area contributed by atoms with Crippen molar-refractivity contribution in [3.8, 4) is 34.5 Å². The highest BCUT2D eigenvalue weighted by atomic mass is 16.6. The lowest BCUT2D eigenvalue weighted by atomic mass is 9.99. The summed E-state index contributed by atoms with van der Waals surface area (Å²) in [5.41, 5.74) is 2.72. The molecular formula is C29H36N2O5. The van der Waals surface area contributed by atoms with E-state index in [1.165, 1.54) is 12.8 Å². The van der Waals surface area contributed by atoms with Crippen molar-refractivity contribution in [2.24, 2.45) is 0 Å². The van der Waals surface area contributed by atoms with Gasteiger partial charge < -0.3 is 24.8 Å². The standard InChI is InChI=1S/C29H36N2O5/c1-6-7-10-20-13-15-24(31-27(32)19-30-28(33)36-29(2,3)4)23(17-20)21-14-16-25(34-5)26(18-21)35-22-11-8-9-12-22/h13-18,22H,8-12,19H2,1-5H3,(H,30,33)(H,31,32). The minimum Gasteiger partial charge on any atom is -0.493 e. The molecule has 7 heteroatoms. The number of alkyl carbamates (subject to hydrolysis) is 1. The molecule has 0 bridgehead atoms. The third-order valence-corrected chi connectivity index (χ3v) is 5.69. The van der Waals surface area contributed by atoms with Crippen LogP contribution >= 0.6 is 0 Å². The SMILES string of the molecule is CC#CCc1ccc(NC(=O)CNC(=O)OC(C)(C)C)c(-c2ccc(OC)c(OC3CCCC3)c2)c1. The number of methoxy groups -OCH3 is 1. The van der Waals surface area contributed by atoms with Crippen LogP contribution in [0.3, 0.4) is 0 Å². The zero-order chi connectivity index (χ0) is 26.1. The van der Waals surface area contributed by atoms with Crippen LogP contribution < -0.4 is 20.1 Å². The van der Waals surface area contributed by atoms with Gasteiger partial charge in [-0.2, -0.15) is 0 Å². The molecule has 36 heavy (non-hydrogen) atoms. The number of hydrogen-bond donors (Lipinski definition) is 2. The van der Waals surface area contributed by atoms with E-state index < -0.39 is 11.7 Å². The van der Waals surface area contributed by atoms with Crippen LogP contribution in [0.4, 0.5) is 10.5 Å². The summed E-state index contributed by atoms with van der Waals surface area (Å²) in [5, 5.41) is 5.41. The van der Waals surface area contributed by atoms with Gasteiger partial charge in [0.15, 0.2) is 11.5 Å². The van der Waals surface area contributed by atoms with Crippen molar-refractivity contribution in [2.75, 3.05) is 19.0 Å². The zero-order valence-electron chi connectivity index (χ0n) is 21.8. The third kappa shape index (κ3) is 7.94. The number of benzene rings is 2. The minimum absolute atomic E-state index is 0.179. The van der Waals surface area contributed by atoms with Gasteiger partial charge in [0.2, 0.25) is 5.91 Å². The summed E-state index contributed by atoms with van der Waals surface area (Å²) in [6, 6.07) is 11.6. The summed E-state index contributed by atoms with van der Waals surface area (Å²) >= 11 is 0. The molecular weight excluding hydrogens is 456 g/mol. The Labute approximate surface area is 213 Å². The van der Waals surface area contributed by atoms with Gasteiger partial charge in [-0.1, -0.05) is 18.1 Å². The van der Waals surface area contributed by atoms with Gasteiger partial charge >= 0.3 is 6.09 Å². The topological polar surface area (TPSA) is 85.9 Å². The number of ether oxygens (including phenoxy) is 3. The number of carbonyl (C=O) groups excluding carboxylic acids is 2. The predicted molar refractivity (Wildman–Crippen MR) is 141 cm³/mol. The van der Waals surface area contributed by atoms with Crippen molar-refractivity contribution in [1.29, 1.82) is 0 Å². The maximum atomic E-state index is 12.7. The molecule has 0 aromatic heterocycles. The molecule has 1 aliphatic rings. The second kappa shape index (κ2) is 12.3. The zero-order valence-corrected chi connectivity index (χ0v) is 21.8. The van der Waals surface area contributed by atoms with E-state index in [-0.39, 0.29) is 18.6 Å².